The van der Waals surface area contributed by atoms with Crippen molar-refractivity contribution in [2.75, 3.05) is 10.6 Å². The number of aromatic nitrogens is 2. The standard InChI is InChI=1S/C17H14BrClN4/c1-11-14(19)3-2-4-15(11)22-16-9-10-20-17(23-16)21-13-7-5-12(18)6-8-13/h2-10H,1H3,(H2,20,21,22,23). The number of hydrogen-bond donors (Lipinski definition) is 2. The number of rotatable bonds is 4. The highest BCUT2D eigenvalue weighted by molar-refractivity contribution is 9.10. The van der Waals surface area contributed by atoms with Crippen LogP contribution in [0.2, 0.25) is 5.02 Å². The average Bonchev–Trinajstić information content (AvgIpc) is 2.54. The predicted molar refractivity (Wildman–Crippen MR) is 98.9 cm³/mol. The molecule has 0 radical (unpaired) electrons. The molecule has 2 aromatic carbocycles. The molecule has 23 heavy (non-hydrogen) atoms. The van der Waals surface area contributed by atoms with Crippen molar-refractivity contribution in [3.05, 3.63) is 69.8 Å². The number of benzene rings is 2. The van der Waals surface area contributed by atoms with Gasteiger partial charge in [0, 0.05) is 27.1 Å². The first-order valence-electron chi connectivity index (χ1n) is 6.99. The third-order valence-corrected chi connectivity index (χ3v) is 4.22. The van der Waals surface area contributed by atoms with Gasteiger partial charge in [0.05, 0.1) is 0 Å². The second-order valence-electron chi connectivity index (χ2n) is 4.93. The quantitative estimate of drug-likeness (QED) is 0.602. The summed E-state index contributed by atoms with van der Waals surface area (Å²) in [7, 11) is 0. The first-order chi connectivity index (χ1) is 11.1. The molecule has 2 N–H and O–H groups in total. The van der Waals surface area contributed by atoms with Crippen LogP contribution in [0.5, 0.6) is 0 Å². The molecule has 0 amide bonds. The van der Waals surface area contributed by atoms with Crippen molar-refractivity contribution in [2.45, 2.75) is 6.92 Å². The van der Waals surface area contributed by atoms with Crippen molar-refractivity contribution in [3.8, 4) is 0 Å². The van der Waals surface area contributed by atoms with Gasteiger partial charge in [-0.15, -0.1) is 0 Å². The lowest BCUT2D eigenvalue weighted by molar-refractivity contribution is 1.16. The minimum Gasteiger partial charge on any atom is -0.340 e. The van der Waals surface area contributed by atoms with E-state index >= 15 is 0 Å². The third kappa shape index (κ3) is 4.00. The Morgan fingerprint density at radius 1 is 1.00 bits per heavy atom. The molecule has 6 heteroatoms. The van der Waals surface area contributed by atoms with E-state index in [1.807, 2.05) is 55.5 Å². The Morgan fingerprint density at radius 2 is 1.78 bits per heavy atom. The van der Waals surface area contributed by atoms with Gasteiger partial charge < -0.3 is 10.6 Å². The summed E-state index contributed by atoms with van der Waals surface area (Å²) in [5.74, 6) is 1.22. The van der Waals surface area contributed by atoms with Crippen LogP contribution < -0.4 is 10.6 Å². The zero-order valence-electron chi connectivity index (χ0n) is 12.3. The molecule has 0 atom stereocenters. The van der Waals surface area contributed by atoms with E-state index < -0.39 is 0 Å². The average molecular weight is 390 g/mol. The van der Waals surface area contributed by atoms with Crippen LogP contribution in [-0.2, 0) is 0 Å². The maximum atomic E-state index is 6.14. The summed E-state index contributed by atoms with van der Waals surface area (Å²) in [5.41, 5.74) is 2.82. The summed E-state index contributed by atoms with van der Waals surface area (Å²) >= 11 is 9.55. The molecule has 0 saturated carbocycles. The fourth-order valence-corrected chi connectivity index (χ4v) is 2.47. The number of anilines is 4. The largest absolute Gasteiger partial charge is 0.340 e. The monoisotopic (exact) mass is 388 g/mol. The number of nitrogens with zero attached hydrogens (tertiary/aromatic N) is 2. The van der Waals surface area contributed by atoms with E-state index in [0.29, 0.717) is 11.8 Å². The number of hydrogen-bond acceptors (Lipinski definition) is 4. The van der Waals surface area contributed by atoms with Crippen molar-refractivity contribution in [3.63, 3.8) is 0 Å². The lowest BCUT2D eigenvalue weighted by Gasteiger charge is -2.11. The molecule has 1 heterocycles. The number of halogens is 2. The van der Waals surface area contributed by atoms with Crippen molar-refractivity contribution in [2.24, 2.45) is 0 Å². The van der Waals surface area contributed by atoms with Gasteiger partial charge in [-0.25, -0.2) is 4.98 Å². The lowest BCUT2D eigenvalue weighted by Crippen LogP contribution is -2.01. The Kier molecular flexibility index (Phi) is 4.79. The molecule has 116 valence electrons. The third-order valence-electron chi connectivity index (χ3n) is 3.29. The lowest BCUT2D eigenvalue weighted by atomic mass is 10.2. The Balaban J connectivity index is 1.79. The highest BCUT2D eigenvalue weighted by Crippen LogP contribution is 2.26. The van der Waals surface area contributed by atoms with Crippen LogP contribution in [0.4, 0.5) is 23.1 Å². The van der Waals surface area contributed by atoms with Gasteiger partial charge in [-0.2, -0.15) is 4.98 Å². The van der Waals surface area contributed by atoms with Crippen LogP contribution in [-0.4, -0.2) is 9.97 Å². The van der Waals surface area contributed by atoms with Crippen LogP contribution in [0.3, 0.4) is 0 Å². The topological polar surface area (TPSA) is 49.8 Å². The molecule has 0 aliphatic carbocycles. The highest BCUT2D eigenvalue weighted by Gasteiger charge is 2.05. The van der Waals surface area contributed by atoms with Crippen molar-refractivity contribution < 1.29 is 0 Å². The van der Waals surface area contributed by atoms with Crippen LogP contribution in [0.25, 0.3) is 0 Å². The summed E-state index contributed by atoms with van der Waals surface area (Å²) in [5, 5.41) is 7.16. The van der Waals surface area contributed by atoms with Crippen LogP contribution in [0.1, 0.15) is 5.56 Å². The van der Waals surface area contributed by atoms with Crippen LogP contribution in [0, 0.1) is 6.92 Å². The normalized spacial score (nSPS) is 10.4. The zero-order valence-corrected chi connectivity index (χ0v) is 14.7. The molecule has 0 spiro atoms. The van der Waals surface area contributed by atoms with E-state index in [9.17, 15) is 0 Å². The fourth-order valence-electron chi connectivity index (χ4n) is 2.03. The second kappa shape index (κ2) is 6.98. The Morgan fingerprint density at radius 3 is 2.57 bits per heavy atom. The first kappa shape index (κ1) is 15.8. The molecule has 0 aliphatic heterocycles. The summed E-state index contributed by atoms with van der Waals surface area (Å²) in [6.45, 7) is 1.97. The summed E-state index contributed by atoms with van der Waals surface area (Å²) in [4.78, 5) is 8.71. The van der Waals surface area contributed by atoms with Crippen LogP contribution in [0.15, 0.2) is 59.2 Å². The SMILES string of the molecule is Cc1c(Cl)cccc1Nc1ccnc(Nc2ccc(Br)cc2)n1. The van der Waals surface area contributed by atoms with Crippen LogP contribution >= 0.6 is 27.5 Å². The summed E-state index contributed by atoms with van der Waals surface area (Å²) in [6.07, 6.45) is 1.70. The van der Waals surface area contributed by atoms with Gasteiger partial charge >= 0.3 is 0 Å². The minimum absolute atomic E-state index is 0.525. The van der Waals surface area contributed by atoms with E-state index in [1.165, 1.54) is 0 Å². The second-order valence-corrected chi connectivity index (χ2v) is 6.26. The summed E-state index contributed by atoms with van der Waals surface area (Å²) < 4.78 is 1.02. The van der Waals surface area contributed by atoms with Gasteiger partial charge in [-0.1, -0.05) is 33.6 Å². The zero-order chi connectivity index (χ0) is 16.2. The molecular formula is C17H14BrClN4. The summed E-state index contributed by atoms with van der Waals surface area (Å²) in [6, 6.07) is 15.4. The molecule has 4 nitrogen and oxygen atoms in total. The Labute approximate surface area is 148 Å². The Hall–Kier alpha value is -2.11. The van der Waals surface area contributed by atoms with E-state index in [4.69, 9.17) is 11.6 Å². The van der Waals surface area contributed by atoms with Gasteiger partial charge in [0.25, 0.3) is 0 Å². The maximum Gasteiger partial charge on any atom is 0.229 e. The van der Waals surface area contributed by atoms with Gasteiger partial charge in [-0.05, 0) is 55.0 Å². The molecule has 3 rings (SSSR count). The van der Waals surface area contributed by atoms with Crippen molar-refractivity contribution >= 4 is 50.7 Å². The number of nitrogens with one attached hydrogen (secondary N) is 2. The van der Waals surface area contributed by atoms with Crippen molar-refractivity contribution in [1.82, 2.24) is 9.97 Å². The van der Waals surface area contributed by atoms with Gasteiger partial charge in [0.1, 0.15) is 5.82 Å². The van der Waals surface area contributed by atoms with E-state index in [-0.39, 0.29) is 0 Å². The molecule has 0 aliphatic rings. The van der Waals surface area contributed by atoms with Gasteiger partial charge in [0.15, 0.2) is 0 Å². The molecule has 0 fully saturated rings. The molecule has 3 aromatic rings. The Bertz CT molecular complexity index is 821. The van der Waals surface area contributed by atoms with E-state index in [1.54, 1.807) is 6.20 Å². The van der Waals surface area contributed by atoms with Gasteiger partial charge in [-0.3, -0.25) is 0 Å². The fraction of sp³-hybridized carbons (Fsp3) is 0.0588. The predicted octanol–water partition coefficient (Wildman–Crippen LogP) is 5.69. The smallest absolute Gasteiger partial charge is 0.229 e. The van der Waals surface area contributed by atoms with E-state index in [2.05, 4.69) is 36.5 Å². The molecule has 1 aromatic heterocycles. The van der Waals surface area contributed by atoms with Crippen molar-refractivity contribution in [1.29, 1.82) is 0 Å². The van der Waals surface area contributed by atoms with E-state index in [0.717, 1.165) is 26.4 Å². The maximum absolute atomic E-state index is 6.14. The highest BCUT2D eigenvalue weighted by atomic mass is 79.9. The molecule has 0 unspecified atom stereocenters. The molecule has 0 bridgehead atoms. The minimum atomic E-state index is 0.525. The molecular weight excluding hydrogens is 376 g/mol. The molecule has 0 saturated heterocycles. The van der Waals surface area contributed by atoms with Gasteiger partial charge in [0.2, 0.25) is 5.95 Å². The first-order valence-corrected chi connectivity index (χ1v) is 8.17.